The molecule has 2 heterocycles. The van der Waals surface area contributed by atoms with Crippen LogP contribution in [0.4, 0.5) is 22.9 Å². The van der Waals surface area contributed by atoms with Crippen molar-refractivity contribution in [3.05, 3.63) is 60.8 Å². The summed E-state index contributed by atoms with van der Waals surface area (Å²) in [4.78, 5) is 40.5. The molecule has 3 N–H and O–H groups in total. The van der Waals surface area contributed by atoms with Gasteiger partial charge in [-0.2, -0.15) is 0 Å². The smallest absolute Gasteiger partial charge is 0.297 e. The first-order valence-corrected chi connectivity index (χ1v) is 17.4. The normalized spacial score (nSPS) is 13.1. The predicted octanol–water partition coefficient (Wildman–Crippen LogP) is 10.3. The highest BCUT2D eigenvalue weighted by molar-refractivity contribution is 6.40. The number of halogens is 4. The van der Waals surface area contributed by atoms with Crippen LogP contribution in [0.3, 0.4) is 0 Å². The minimum Gasteiger partial charge on any atom is -0.337 e. The fourth-order valence-corrected chi connectivity index (χ4v) is 6.71. The van der Waals surface area contributed by atoms with Crippen LogP contribution < -0.4 is 21.1 Å². The zero-order valence-electron chi connectivity index (χ0n) is 25.6. The van der Waals surface area contributed by atoms with Crippen LogP contribution in [0.25, 0.3) is 5.69 Å². The zero-order valence-corrected chi connectivity index (χ0v) is 28.6. The summed E-state index contributed by atoms with van der Waals surface area (Å²) in [6.45, 7) is 2.62. The molecule has 0 aliphatic carbocycles. The summed E-state index contributed by atoms with van der Waals surface area (Å²) >= 11 is 25.5. The second kappa shape index (κ2) is 17.3. The molecule has 4 rings (SSSR count). The number of hydrogen-bond donors (Lipinski definition) is 3. The summed E-state index contributed by atoms with van der Waals surface area (Å²) in [5.74, 6) is -0.0260. The summed E-state index contributed by atoms with van der Waals surface area (Å²) in [6, 6.07) is 8.02. The van der Waals surface area contributed by atoms with E-state index >= 15 is 0 Å². The fourth-order valence-electron chi connectivity index (χ4n) is 5.56. The highest BCUT2D eigenvalue weighted by atomic mass is 35.5. The number of nitrogens with zero attached hydrogens (tertiary/aromatic N) is 2. The van der Waals surface area contributed by atoms with Crippen molar-refractivity contribution in [2.45, 2.75) is 96.8 Å². The van der Waals surface area contributed by atoms with Crippen molar-refractivity contribution in [2.75, 3.05) is 22.1 Å². The van der Waals surface area contributed by atoms with E-state index < -0.39 is 5.56 Å². The highest BCUT2D eigenvalue weighted by Crippen LogP contribution is 2.36. The van der Waals surface area contributed by atoms with E-state index in [9.17, 15) is 14.4 Å². The number of amides is 2. The molecule has 0 saturated carbocycles. The van der Waals surface area contributed by atoms with Gasteiger partial charge < -0.3 is 15.5 Å². The van der Waals surface area contributed by atoms with Gasteiger partial charge in [-0.1, -0.05) is 118 Å². The van der Waals surface area contributed by atoms with Crippen LogP contribution in [0.1, 0.15) is 96.8 Å². The van der Waals surface area contributed by atoms with Crippen LogP contribution in [0.5, 0.6) is 0 Å². The molecule has 8 nitrogen and oxygen atoms in total. The first-order valence-electron chi connectivity index (χ1n) is 15.9. The highest BCUT2D eigenvalue weighted by Gasteiger charge is 2.30. The van der Waals surface area contributed by atoms with Gasteiger partial charge in [0.2, 0.25) is 11.8 Å². The van der Waals surface area contributed by atoms with Crippen LogP contribution >= 0.6 is 46.4 Å². The molecule has 12 heteroatoms. The third kappa shape index (κ3) is 9.67. The number of carbonyl (C=O) groups excluding carboxylic acids is 2. The second-order valence-electron chi connectivity index (χ2n) is 11.5. The van der Waals surface area contributed by atoms with Gasteiger partial charge in [0.1, 0.15) is 5.69 Å². The van der Waals surface area contributed by atoms with Gasteiger partial charge in [-0.15, -0.1) is 0 Å². The van der Waals surface area contributed by atoms with E-state index in [0.29, 0.717) is 47.2 Å². The van der Waals surface area contributed by atoms with E-state index in [1.165, 1.54) is 73.1 Å². The maximum Gasteiger partial charge on any atom is 0.297 e. The summed E-state index contributed by atoms with van der Waals surface area (Å²) < 4.78 is 1.18. The number of carbonyl (C=O) groups is 2. The van der Waals surface area contributed by atoms with Crippen molar-refractivity contribution in [1.82, 2.24) is 9.78 Å². The molecular formula is C33H41Cl4N5O3. The molecule has 1 aromatic heterocycles. The van der Waals surface area contributed by atoms with Gasteiger partial charge in [0, 0.05) is 30.1 Å². The maximum atomic E-state index is 13.7. The van der Waals surface area contributed by atoms with Crippen molar-refractivity contribution in [3.63, 3.8) is 0 Å². The van der Waals surface area contributed by atoms with Crippen molar-refractivity contribution >= 4 is 81.1 Å². The van der Waals surface area contributed by atoms with Crippen molar-refractivity contribution in [1.29, 1.82) is 0 Å². The summed E-state index contributed by atoms with van der Waals surface area (Å²) in [5, 5.41) is 10.1. The Morgan fingerprint density at radius 1 is 0.822 bits per heavy atom. The molecule has 0 bridgehead atoms. The lowest BCUT2D eigenvalue weighted by atomic mass is 10.1. The third-order valence-corrected chi connectivity index (χ3v) is 9.06. The molecule has 45 heavy (non-hydrogen) atoms. The number of rotatable bonds is 17. The lowest BCUT2D eigenvalue weighted by molar-refractivity contribution is -0.117. The van der Waals surface area contributed by atoms with Crippen LogP contribution in [0.15, 0.2) is 35.1 Å². The molecular weight excluding hydrogens is 656 g/mol. The molecule has 0 spiro atoms. The van der Waals surface area contributed by atoms with Gasteiger partial charge in [0.15, 0.2) is 11.5 Å². The van der Waals surface area contributed by atoms with Gasteiger partial charge in [-0.25, -0.2) is 4.68 Å². The molecule has 1 aliphatic rings. The van der Waals surface area contributed by atoms with Gasteiger partial charge in [-0.05, 0) is 43.2 Å². The Morgan fingerprint density at radius 2 is 1.44 bits per heavy atom. The SMILES string of the molecule is CCCCCCCCCCCCCC(=O)Nc1ccc(Cl)c(Nc2[nH]n(-c3c(Cl)cc(Cl)cc3Cl)c(=O)c2N2CCCC2=O)c1. The largest absolute Gasteiger partial charge is 0.337 e. The molecule has 2 aromatic carbocycles. The summed E-state index contributed by atoms with van der Waals surface area (Å²) in [5.41, 5.74) is 0.773. The Balaban J connectivity index is 1.41. The molecule has 0 atom stereocenters. The number of aromatic nitrogens is 2. The van der Waals surface area contributed by atoms with Crippen LogP contribution in [-0.4, -0.2) is 28.1 Å². The second-order valence-corrected chi connectivity index (χ2v) is 13.2. The van der Waals surface area contributed by atoms with E-state index in [4.69, 9.17) is 46.4 Å². The molecule has 0 unspecified atom stereocenters. The van der Waals surface area contributed by atoms with Crippen molar-refractivity contribution in [3.8, 4) is 5.69 Å². The number of unbranched alkanes of at least 4 members (excludes halogenated alkanes) is 10. The van der Waals surface area contributed by atoms with Gasteiger partial charge in [0.25, 0.3) is 5.56 Å². The maximum absolute atomic E-state index is 13.7. The number of aromatic amines is 1. The fraction of sp³-hybridized carbons (Fsp3) is 0.485. The number of anilines is 4. The van der Waals surface area contributed by atoms with E-state index in [0.717, 1.165) is 19.3 Å². The van der Waals surface area contributed by atoms with E-state index in [1.54, 1.807) is 18.2 Å². The molecule has 1 aliphatic heterocycles. The van der Waals surface area contributed by atoms with E-state index in [-0.39, 0.29) is 39.1 Å². The average molecular weight is 698 g/mol. The summed E-state index contributed by atoms with van der Waals surface area (Å²) in [6.07, 6.45) is 14.8. The van der Waals surface area contributed by atoms with Gasteiger partial charge in [-0.3, -0.25) is 19.5 Å². The lowest BCUT2D eigenvalue weighted by Crippen LogP contribution is -2.30. The standard InChI is InChI=1S/C33H41Cl4N5O3/c1-2-3-4-5-6-7-8-9-10-11-12-14-28(43)38-23-16-17-24(35)27(21-23)39-32-31(41-18-13-15-29(41)44)33(45)42(40-32)30-25(36)19-22(34)20-26(30)37/h16-17,19-21,39-40H,2-15,18H2,1H3,(H,38,43). The molecule has 3 aromatic rings. The average Bonchev–Trinajstić information content (AvgIpc) is 3.54. The Bertz CT molecular complexity index is 1510. The Kier molecular flexibility index (Phi) is 13.5. The number of benzene rings is 2. The van der Waals surface area contributed by atoms with Crippen LogP contribution in [0, 0.1) is 0 Å². The van der Waals surface area contributed by atoms with E-state index in [1.807, 2.05) is 0 Å². The Labute approximate surface area is 284 Å². The Hall–Kier alpha value is -2.65. The quantitative estimate of drug-likeness (QED) is 0.122. The molecule has 1 fully saturated rings. The molecule has 2 amide bonds. The zero-order chi connectivity index (χ0) is 32.3. The van der Waals surface area contributed by atoms with Gasteiger partial charge >= 0.3 is 0 Å². The Morgan fingerprint density at radius 3 is 2.04 bits per heavy atom. The van der Waals surface area contributed by atoms with Crippen molar-refractivity contribution < 1.29 is 9.59 Å². The number of hydrogen-bond acceptors (Lipinski definition) is 4. The minimum absolute atomic E-state index is 0.0749. The lowest BCUT2D eigenvalue weighted by Gasteiger charge is -2.16. The predicted molar refractivity (Wildman–Crippen MR) is 187 cm³/mol. The molecule has 1 saturated heterocycles. The first kappa shape index (κ1) is 35.2. The number of nitrogens with one attached hydrogen (secondary N) is 3. The molecule has 0 radical (unpaired) electrons. The number of H-pyrrole nitrogens is 1. The monoisotopic (exact) mass is 695 g/mol. The molecule has 244 valence electrons. The first-order chi connectivity index (χ1) is 21.7. The van der Waals surface area contributed by atoms with E-state index in [2.05, 4.69) is 22.7 Å². The minimum atomic E-state index is -0.522. The third-order valence-electron chi connectivity index (χ3n) is 7.93. The van der Waals surface area contributed by atoms with Crippen LogP contribution in [-0.2, 0) is 9.59 Å². The summed E-state index contributed by atoms with van der Waals surface area (Å²) in [7, 11) is 0. The van der Waals surface area contributed by atoms with Gasteiger partial charge in [0.05, 0.1) is 20.8 Å². The van der Waals surface area contributed by atoms with Crippen LogP contribution in [0.2, 0.25) is 20.1 Å². The van der Waals surface area contributed by atoms with Crippen molar-refractivity contribution in [2.24, 2.45) is 0 Å². The topological polar surface area (TPSA) is 99.2 Å².